The van der Waals surface area contributed by atoms with Crippen molar-refractivity contribution >= 4 is 16.3 Å². The van der Waals surface area contributed by atoms with Crippen molar-refractivity contribution in [2.75, 3.05) is 0 Å². The van der Waals surface area contributed by atoms with E-state index >= 15 is 0 Å². The van der Waals surface area contributed by atoms with Crippen molar-refractivity contribution in [3.05, 3.63) is 145 Å². The van der Waals surface area contributed by atoms with Gasteiger partial charge in [-0.2, -0.15) is 0 Å². The van der Waals surface area contributed by atoms with E-state index in [9.17, 15) is 0 Å². The van der Waals surface area contributed by atoms with Gasteiger partial charge in [0, 0.05) is 22.9 Å². The molecule has 4 heteroatoms. The van der Waals surface area contributed by atoms with Gasteiger partial charge in [0.25, 0.3) is 0 Å². The van der Waals surface area contributed by atoms with Crippen molar-refractivity contribution in [3.63, 3.8) is 0 Å². The topological polar surface area (TPSA) is 64.7 Å². The zero-order valence-electron chi connectivity index (χ0n) is 22.2. The van der Waals surface area contributed by atoms with Crippen LogP contribution in [0.3, 0.4) is 0 Å². The number of benzene rings is 5. The fourth-order valence-electron chi connectivity index (χ4n) is 4.96. The van der Waals surface area contributed by atoms with Gasteiger partial charge in [-0.3, -0.25) is 0 Å². The molecule has 6 aromatic rings. The Labute approximate surface area is 234 Å². The first-order chi connectivity index (χ1) is 19.7. The molecule has 0 aliphatic carbocycles. The van der Waals surface area contributed by atoms with Crippen LogP contribution in [0.15, 0.2) is 140 Å². The predicted molar refractivity (Wildman–Crippen MR) is 166 cm³/mol. The summed E-state index contributed by atoms with van der Waals surface area (Å²) in [7, 11) is 0. The lowest BCUT2D eigenvalue weighted by atomic mass is 9.89. The minimum atomic E-state index is 0.633. The highest BCUT2D eigenvalue weighted by atomic mass is 15.0. The molecule has 2 N–H and O–H groups in total. The van der Waals surface area contributed by atoms with E-state index in [-0.39, 0.29) is 0 Å². The fraction of sp³-hybridized carbons (Fsp3) is 0.0278. The Bertz CT molecular complexity index is 1780. The van der Waals surface area contributed by atoms with E-state index in [2.05, 4.69) is 60.7 Å². The van der Waals surface area contributed by atoms with E-state index in [1.54, 1.807) is 6.20 Å². The first kappa shape index (κ1) is 25.0. The Kier molecular flexibility index (Phi) is 6.97. The fourth-order valence-corrected chi connectivity index (χ4v) is 4.96. The van der Waals surface area contributed by atoms with Gasteiger partial charge in [0.1, 0.15) is 0 Å². The smallest absolute Gasteiger partial charge is 0.164 e. The summed E-state index contributed by atoms with van der Waals surface area (Å²) in [6.07, 6.45) is 5.72. The third-order valence-electron chi connectivity index (χ3n) is 6.90. The summed E-state index contributed by atoms with van der Waals surface area (Å²) >= 11 is 0. The van der Waals surface area contributed by atoms with Crippen molar-refractivity contribution in [1.82, 2.24) is 15.0 Å². The standard InChI is InChI=1S/C36H28N4/c1-2-11-30(24-37)32-23-22-25-12-9-10-17-31(25)33(32)26-18-20-29(21-19-26)36-39-34(27-13-5-3-6-14-27)38-35(40-36)28-15-7-4-8-16-28/h2-24H,37H2,1H3/b11-2-,30-24+. The summed E-state index contributed by atoms with van der Waals surface area (Å²) in [5.74, 6) is 1.93. The van der Waals surface area contributed by atoms with E-state index in [0.29, 0.717) is 17.5 Å². The Morgan fingerprint density at radius 1 is 0.550 bits per heavy atom. The maximum Gasteiger partial charge on any atom is 0.164 e. The van der Waals surface area contributed by atoms with Gasteiger partial charge in [-0.15, -0.1) is 0 Å². The van der Waals surface area contributed by atoms with Crippen molar-refractivity contribution in [1.29, 1.82) is 0 Å². The highest BCUT2D eigenvalue weighted by molar-refractivity contribution is 6.03. The second-order valence-corrected chi connectivity index (χ2v) is 9.45. The molecule has 0 saturated heterocycles. The number of nitrogens with zero attached hydrogens (tertiary/aromatic N) is 3. The minimum Gasteiger partial charge on any atom is -0.404 e. The largest absolute Gasteiger partial charge is 0.404 e. The number of rotatable bonds is 6. The summed E-state index contributed by atoms with van der Waals surface area (Å²) in [4.78, 5) is 14.6. The molecule has 4 nitrogen and oxygen atoms in total. The first-order valence-electron chi connectivity index (χ1n) is 13.3. The summed E-state index contributed by atoms with van der Waals surface area (Å²) in [5, 5.41) is 2.36. The average Bonchev–Trinajstić information content (AvgIpc) is 3.04. The summed E-state index contributed by atoms with van der Waals surface area (Å²) in [5.41, 5.74) is 13.2. The van der Waals surface area contributed by atoms with E-state index < -0.39 is 0 Å². The first-order valence-corrected chi connectivity index (χ1v) is 13.3. The predicted octanol–water partition coefficient (Wildman–Crippen LogP) is 8.57. The van der Waals surface area contributed by atoms with Crippen molar-refractivity contribution in [2.24, 2.45) is 5.73 Å². The van der Waals surface area contributed by atoms with Crippen LogP contribution in [0.5, 0.6) is 0 Å². The molecule has 0 saturated carbocycles. The van der Waals surface area contributed by atoms with Crippen LogP contribution in [-0.2, 0) is 0 Å². The van der Waals surface area contributed by atoms with Crippen molar-refractivity contribution in [3.8, 4) is 45.3 Å². The summed E-state index contributed by atoms with van der Waals surface area (Å²) in [6, 6.07) is 41.2. The van der Waals surface area contributed by atoms with Gasteiger partial charge in [-0.05, 0) is 40.0 Å². The SMILES string of the molecule is C/C=C\C(=C/N)c1ccc2ccccc2c1-c1ccc(-c2nc(-c3ccccc3)nc(-c3ccccc3)n2)cc1. The molecule has 0 aliphatic heterocycles. The monoisotopic (exact) mass is 516 g/mol. The number of allylic oxidation sites excluding steroid dienone is 3. The van der Waals surface area contributed by atoms with Crippen LogP contribution in [0.25, 0.3) is 61.6 Å². The molecular formula is C36H28N4. The highest BCUT2D eigenvalue weighted by Crippen LogP contribution is 2.37. The molecule has 0 spiro atoms. The maximum absolute atomic E-state index is 6.07. The molecule has 0 amide bonds. The molecule has 5 aromatic carbocycles. The minimum absolute atomic E-state index is 0.633. The Balaban J connectivity index is 1.49. The maximum atomic E-state index is 6.07. The Morgan fingerprint density at radius 2 is 1.05 bits per heavy atom. The Hall–Kier alpha value is -5.35. The normalized spacial score (nSPS) is 11.8. The molecule has 0 unspecified atom stereocenters. The number of hydrogen-bond donors (Lipinski definition) is 1. The van der Waals surface area contributed by atoms with Crippen LogP contribution in [0, 0.1) is 0 Å². The van der Waals surface area contributed by atoms with E-state index in [1.165, 1.54) is 10.8 Å². The molecule has 0 fully saturated rings. The molecule has 0 radical (unpaired) electrons. The van der Waals surface area contributed by atoms with Crippen molar-refractivity contribution in [2.45, 2.75) is 6.92 Å². The lowest BCUT2D eigenvalue weighted by molar-refractivity contribution is 1.07. The molecule has 1 heterocycles. The molecule has 1 aromatic heterocycles. The van der Waals surface area contributed by atoms with E-state index in [1.807, 2.05) is 79.7 Å². The lowest BCUT2D eigenvalue weighted by Gasteiger charge is -2.15. The van der Waals surface area contributed by atoms with Gasteiger partial charge in [-0.1, -0.05) is 133 Å². The van der Waals surface area contributed by atoms with Crippen LogP contribution in [0.1, 0.15) is 12.5 Å². The summed E-state index contributed by atoms with van der Waals surface area (Å²) < 4.78 is 0. The second-order valence-electron chi connectivity index (χ2n) is 9.45. The molecule has 0 bridgehead atoms. The van der Waals surface area contributed by atoms with Gasteiger partial charge >= 0.3 is 0 Å². The third kappa shape index (κ3) is 4.91. The van der Waals surface area contributed by atoms with Crippen LogP contribution in [0.4, 0.5) is 0 Å². The second kappa shape index (κ2) is 11.2. The zero-order chi connectivity index (χ0) is 27.3. The van der Waals surface area contributed by atoms with E-state index in [0.717, 1.165) is 39.0 Å². The summed E-state index contributed by atoms with van der Waals surface area (Å²) in [6.45, 7) is 2.00. The van der Waals surface area contributed by atoms with Gasteiger partial charge < -0.3 is 5.73 Å². The number of hydrogen-bond acceptors (Lipinski definition) is 4. The van der Waals surface area contributed by atoms with Crippen LogP contribution < -0.4 is 5.73 Å². The number of aromatic nitrogens is 3. The van der Waals surface area contributed by atoms with Crippen molar-refractivity contribution < 1.29 is 0 Å². The van der Waals surface area contributed by atoms with Gasteiger partial charge in [0.15, 0.2) is 17.5 Å². The number of fused-ring (bicyclic) bond motifs is 1. The van der Waals surface area contributed by atoms with Crippen LogP contribution in [0.2, 0.25) is 0 Å². The van der Waals surface area contributed by atoms with Gasteiger partial charge in [0.2, 0.25) is 0 Å². The molecule has 192 valence electrons. The average molecular weight is 517 g/mol. The van der Waals surface area contributed by atoms with Gasteiger partial charge in [-0.25, -0.2) is 15.0 Å². The lowest BCUT2D eigenvalue weighted by Crippen LogP contribution is -2.00. The molecule has 0 atom stereocenters. The van der Waals surface area contributed by atoms with Crippen LogP contribution in [-0.4, -0.2) is 15.0 Å². The molecule has 0 aliphatic rings. The highest BCUT2D eigenvalue weighted by Gasteiger charge is 2.15. The molecule has 40 heavy (non-hydrogen) atoms. The quantitative estimate of drug-likeness (QED) is 0.225. The van der Waals surface area contributed by atoms with Gasteiger partial charge in [0.05, 0.1) is 0 Å². The zero-order valence-corrected chi connectivity index (χ0v) is 22.2. The van der Waals surface area contributed by atoms with E-state index in [4.69, 9.17) is 20.7 Å². The van der Waals surface area contributed by atoms with Crippen LogP contribution >= 0.6 is 0 Å². The third-order valence-corrected chi connectivity index (χ3v) is 6.90. The Morgan fingerprint density at radius 3 is 1.60 bits per heavy atom. The molecular weight excluding hydrogens is 488 g/mol. The molecule has 6 rings (SSSR count). The number of nitrogens with two attached hydrogens (primary N) is 1.